The molecule has 0 amide bonds. The highest BCUT2D eigenvalue weighted by Crippen LogP contribution is 2.57. The second kappa shape index (κ2) is 7.55. The third-order valence-electron chi connectivity index (χ3n) is 5.90. The molecule has 1 aromatic carbocycles. The molecule has 1 N–H and O–H groups in total. The number of hydrogen-bond donors (Lipinski definition) is 1. The first kappa shape index (κ1) is 17.3. The van der Waals surface area contributed by atoms with Gasteiger partial charge in [-0.25, -0.2) is 0 Å². The summed E-state index contributed by atoms with van der Waals surface area (Å²) in [5.74, 6) is 0.869. The van der Waals surface area contributed by atoms with Gasteiger partial charge in [0.1, 0.15) is 5.75 Å². The first-order valence-corrected chi connectivity index (χ1v) is 9.12. The van der Waals surface area contributed by atoms with Gasteiger partial charge in [0.25, 0.3) is 0 Å². The Hall–Kier alpha value is -1.57. The maximum atomic E-state index is 9.00. The summed E-state index contributed by atoms with van der Waals surface area (Å²) < 4.78 is 11.2. The zero-order chi connectivity index (χ0) is 17.0. The minimum atomic E-state index is 0.223. The van der Waals surface area contributed by atoms with E-state index in [4.69, 9.17) is 14.7 Å². The second-order valence-corrected chi connectivity index (χ2v) is 7.01. The highest BCUT2D eigenvalue weighted by atomic mass is 16.5. The Morgan fingerprint density at radius 3 is 2.62 bits per heavy atom. The van der Waals surface area contributed by atoms with Gasteiger partial charge in [-0.3, -0.25) is 0 Å². The van der Waals surface area contributed by atoms with Gasteiger partial charge in [-0.1, -0.05) is 18.6 Å². The van der Waals surface area contributed by atoms with Gasteiger partial charge in [0, 0.05) is 30.5 Å². The second-order valence-electron chi connectivity index (χ2n) is 7.01. The van der Waals surface area contributed by atoms with Crippen LogP contribution in [0.2, 0.25) is 0 Å². The first-order chi connectivity index (χ1) is 11.7. The molecule has 2 aliphatic rings. The van der Waals surface area contributed by atoms with Crippen LogP contribution in [0.4, 0.5) is 0 Å². The van der Waals surface area contributed by atoms with Gasteiger partial charge in [0.15, 0.2) is 0 Å². The van der Waals surface area contributed by atoms with Crippen molar-refractivity contribution in [2.75, 3.05) is 13.7 Å². The molecule has 0 aromatic heterocycles. The smallest absolute Gasteiger partial charge is 0.118 e. The normalized spacial score (nSPS) is 25.4. The molecule has 0 aliphatic heterocycles. The number of ether oxygens (including phenoxy) is 2. The van der Waals surface area contributed by atoms with E-state index in [1.165, 1.54) is 24.8 Å². The van der Waals surface area contributed by atoms with E-state index in [9.17, 15) is 0 Å². The zero-order valence-electron chi connectivity index (χ0n) is 14.8. The van der Waals surface area contributed by atoms with Gasteiger partial charge in [-0.15, -0.1) is 0 Å². The van der Waals surface area contributed by atoms with E-state index in [0.717, 1.165) is 25.2 Å². The number of rotatable bonds is 8. The van der Waals surface area contributed by atoms with Crippen LogP contribution in [0.15, 0.2) is 24.3 Å². The molecule has 130 valence electrons. The summed E-state index contributed by atoms with van der Waals surface area (Å²) in [7, 11) is 1.68. The predicted octanol–water partition coefficient (Wildman–Crippen LogP) is 3.98. The number of hydrogen-bond acceptors (Lipinski definition) is 4. The molecule has 1 aromatic rings. The van der Waals surface area contributed by atoms with Gasteiger partial charge < -0.3 is 14.8 Å². The summed E-state index contributed by atoms with van der Waals surface area (Å²) in [4.78, 5) is 0. The maximum Gasteiger partial charge on any atom is 0.118 e. The van der Waals surface area contributed by atoms with Gasteiger partial charge in [0.05, 0.1) is 19.3 Å². The highest BCUT2D eigenvalue weighted by molar-refractivity contribution is 5.29. The lowest BCUT2D eigenvalue weighted by atomic mass is 9.51. The van der Waals surface area contributed by atoms with Crippen LogP contribution in [0.25, 0.3) is 0 Å². The van der Waals surface area contributed by atoms with Gasteiger partial charge in [0.2, 0.25) is 0 Å². The van der Waals surface area contributed by atoms with Crippen LogP contribution in [-0.2, 0) is 4.74 Å². The molecule has 2 fully saturated rings. The topological polar surface area (TPSA) is 54.3 Å². The SMILES string of the molecule is CCO[C@@H]1C[C@@H](N[C@@H](CCC#N)c2ccc(OC)cc2)C12CCC2. The Morgan fingerprint density at radius 1 is 1.33 bits per heavy atom. The summed E-state index contributed by atoms with van der Waals surface area (Å²) >= 11 is 0. The third kappa shape index (κ3) is 3.16. The Balaban J connectivity index is 1.69. The van der Waals surface area contributed by atoms with Crippen molar-refractivity contribution in [1.82, 2.24) is 5.32 Å². The quantitative estimate of drug-likeness (QED) is 0.784. The maximum absolute atomic E-state index is 9.00. The van der Waals surface area contributed by atoms with Gasteiger partial charge in [-0.05, 0) is 50.3 Å². The fourth-order valence-electron chi connectivity index (χ4n) is 4.31. The molecule has 24 heavy (non-hydrogen) atoms. The average molecular weight is 328 g/mol. The van der Waals surface area contributed by atoms with Crippen LogP contribution < -0.4 is 10.1 Å². The molecule has 0 heterocycles. The summed E-state index contributed by atoms with van der Waals surface area (Å²) in [6.45, 7) is 2.88. The van der Waals surface area contributed by atoms with E-state index in [2.05, 4.69) is 30.4 Å². The van der Waals surface area contributed by atoms with E-state index < -0.39 is 0 Å². The molecule has 2 saturated carbocycles. The first-order valence-electron chi connectivity index (χ1n) is 9.12. The molecular weight excluding hydrogens is 300 g/mol. The van der Waals surface area contributed by atoms with Crippen LogP contribution in [0.3, 0.4) is 0 Å². The fraction of sp³-hybridized carbons (Fsp3) is 0.650. The van der Waals surface area contributed by atoms with E-state index in [1.54, 1.807) is 7.11 Å². The summed E-state index contributed by atoms with van der Waals surface area (Å²) in [5.41, 5.74) is 1.58. The molecule has 0 bridgehead atoms. The molecule has 1 spiro atoms. The number of methoxy groups -OCH3 is 1. The molecule has 0 unspecified atom stereocenters. The Kier molecular flexibility index (Phi) is 5.43. The number of nitriles is 1. The van der Waals surface area contributed by atoms with Crippen LogP contribution >= 0.6 is 0 Å². The van der Waals surface area contributed by atoms with Crippen molar-refractivity contribution in [2.45, 2.75) is 63.6 Å². The number of nitrogens with one attached hydrogen (secondary N) is 1. The highest BCUT2D eigenvalue weighted by Gasteiger charge is 2.59. The van der Waals surface area contributed by atoms with E-state index in [1.807, 2.05) is 12.1 Å². The molecule has 4 nitrogen and oxygen atoms in total. The van der Waals surface area contributed by atoms with Crippen LogP contribution in [0.1, 0.15) is 57.1 Å². The average Bonchev–Trinajstić information content (AvgIpc) is 2.55. The Bertz CT molecular complexity index is 574. The molecule has 2 aliphatic carbocycles. The lowest BCUT2D eigenvalue weighted by Crippen LogP contribution is -2.67. The largest absolute Gasteiger partial charge is 0.497 e. The van der Waals surface area contributed by atoms with E-state index in [0.29, 0.717) is 24.0 Å². The third-order valence-corrected chi connectivity index (χ3v) is 5.90. The molecule has 0 saturated heterocycles. The van der Waals surface area contributed by atoms with E-state index in [-0.39, 0.29) is 6.04 Å². The minimum Gasteiger partial charge on any atom is -0.497 e. The van der Waals surface area contributed by atoms with Crippen LogP contribution in [0, 0.1) is 16.7 Å². The summed E-state index contributed by atoms with van der Waals surface area (Å²) in [6.07, 6.45) is 6.76. The van der Waals surface area contributed by atoms with Crippen LogP contribution in [0.5, 0.6) is 5.75 Å². The van der Waals surface area contributed by atoms with Crippen molar-refractivity contribution in [2.24, 2.45) is 5.41 Å². The van der Waals surface area contributed by atoms with Crippen molar-refractivity contribution in [3.63, 3.8) is 0 Å². The van der Waals surface area contributed by atoms with Gasteiger partial charge >= 0.3 is 0 Å². The lowest BCUT2D eigenvalue weighted by Gasteiger charge is -2.62. The number of benzene rings is 1. The van der Waals surface area contributed by atoms with Crippen molar-refractivity contribution in [3.05, 3.63) is 29.8 Å². The molecule has 0 radical (unpaired) electrons. The minimum absolute atomic E-state index is 0.223. The van der Waals surface area contributed by atoms with Crippen molar-refractivity contribution >= 4 is 0 Å². The van der Waals surface area contributed by atoms with Crippen molar-refractivity contribution in [3.8, 4) is 11.8 Å². The number of nitrogens with zero attached hydrogens (tertiary/aromatic N) is 1. The Labute approximate surface area is 145 Å². The lowest BCUT2D eigenvalue weighted by molar-refractivity contribution is -0.175. The van der Waals surface area contributed by atoms with Crippen molar-refractivity contribution in [1.29, 1.82) is 5.26 Å². The van der Waals surface area contributed by atoms with Crippen LogP contribution in [-0.4, -0.2) is 25.9 Å². The zero-order valence-corrected chi connectivity index (χ0v) is 14.8. The molecule has 3 rings (SSSR count). The summed E-state index contributed by atoms with van der Waals surface area (Å²) in [5, 5.41) is 12.9. The predicted molar refractivity (Wildman–Crippen MR) is 93.8 cm³/mol. The van der Waals surface area contributed by atoms with E-state index >= 15 is 0 Å². The summed E-state index contributed by atoms with van der Waals surface area (Å²) in [6, 6.07) is 11.2. The Morgan fingerprint density at radius 2 is 2.08 bits per heavy atom. The fourth-order valence-corrected chi connectivity index (χ4v) is 4.31. The molecule has 4 heteroatoms. The molecule has 3 atom stereocenters. The standard InChI is InChI=1S/C20H28N2O2/c1-3-24-19-14-18(20(19)11-5-12-20)22-17(6-4-13-21)15-7-9-16(23-2)10-8-15/h7-10,17-19,22H,3-6,11-12,14H2,1-2H3/t17-,18+,19+/m0/s1. The monoisotopic (exact) mass is 328 g/mol. The van der Waals surface area contributed by atoms with Crippen molar-refractivity contribution < 1.29 is 9.47 Å². The van der Waals surface area contributed by atoms with Gasteiger partial charge in [-0.2, -0.15) is 5.26 Å². The molecular formula is C20H28N2O2.